The lowest BCUT2D eigenvalue weighted by molar-refractivity contribution is -0.115. The largest absolute Gasteiger partial charge is 0.493 e. The fraction of sp³-hybridized carbons (Fsp3) is 0.273. The van der Waals surface area contributed by atoms with Crippen LogP contribution in [0, 0.1) is 0 Å². The first-order chi connectivity index (χ1) is 14.2. The zero-order valence-electron chi connectivity index (χ0n) is 16.5. The smallest absolute Gasteiger partial charge is 0.230 e. The second-order valence-corrected chi connectivity index (χ2v) is 7.27. The summed E-state index contributed by atoms with van der Waals surface area (Å²) in [4.78, 5) is 17.0. The Balaban J connectivity index is 1.58. The number of thiazole rings is 1. The Morgan fingerprint density at radius 1 is 1.07 bits per heavy atom. The van der Waals surface area contributed by atoms with Crippen molar-refractivity contribution in [2.45, 2.75) is 12.8 Å². The topological polar surface area (TPSA) is 69.7 Å². The first-order valence-corrected chi connectivity index (χ1v) is 10.1. The predicted octanol–water partition coefficient (Wildman–Crippen LogP) is 3.95. The first-order valence-electron chi connectivity index (χ1n) is 9.24. The van der Waals surface area contributed by atoms with E-state index in [-0.39, 0.29) is 12.3 Å². The average Bonchev–Trinajstić information content (AvgIpc) is 3.15. The van der Waals surface area contributed by atoms with Gasteiger partial charge in [0.2, 0.25) is 5.91 Å². The van der Waals surface area contributed by atoms with Crippen LogP contribution in [-0.2, 0) is 22.4 Å². The molecular weight excluding hydrogens is 388 g/mol. The van der Waals surface area contributed by atoms with E-state index in [0.29, 0.717) is 30.4 Å². The first kappa shape index (κ1) is 20.8. The number of ether oxygens (including phenoxy) is 3. The van der Waals surface area contributed by atoms with E-state index in [1.54, 1.807) is 43.8 Å². The second-order valence-electron chi connectivity index (χ2n) is 6.33. The van der Waals surface area contributed by atoms with Gasteiger partial charge in [-0.3, -0.25) is 4.79 Å². The van der Waals surface area contributed by atoms with Crippen molar-refractivity contribution in [2.24, 2.45) is 0 Å². The van der Waals surface area contributed by atoms with Gasteiger partial charge in [0.15, 0.2) is 11.5 Å². The molecule has 7 heteroatoms. The Morgan fingerprint density at radius 2 is 1.90 bits per heavy atom. The van der Waals surface area contributed by atoms with Gasteiger partial charge in [0, 0.05) is 30.7 Å². The minimum Gasteiger partial charge on any atom is -0.493 e. The lowest BCUT2D eigenvalue weighted by Crippen LogP contribution is -2.15. The molecule has 29 heavy (non-hydrogen) atoms. The zero-order chi connectivity index (χ0) is 20.5. The zero-order valence-corrected chi connectivity index (χ0v) is 17.3. The van der Waals surface area contributed by atoms with Gasteiger partial charge in [0.05, 0.1) is 30.8 Å². The molecule has 1 amide bonds. The maximum Gasteiger partial charge on any atom is 0.230 e. The van der Waals surface area contributed by atoms with Crippen LogP contribution >= 0.6 is 11.3 Å². The number of carbonyl (C=O) groups excluding carboxylic acids is 1. The molecule has 0 saturated heterocycles. The molecule has 3 rings (SSSR count). The molecule has 0 unspecified atom stereocenters. The number of hydrogen-bond donors (Lipinski definition) is 1. The molecule has 1 N–H and O–H groups in total. The Bertz CT molecular complexity index is 928. The van der Waals surface area contributed by atoms with Gasteiger partial charge in [0.25, 0.3) is 0 Å². The highest BCUT2D eigenvalue weighted by Crippen LogP contribution is 2.30. The average molecular weight is 413 g/mol. The van der Waals surface area contributed by atoms with Crippen molar-refractivity contribution in [1.29, 1.82) is 0 Å². The Hall–Kier alpha value is -2.90. The van der Waals surface area contributed by atoms with Gasteiger partial charge in [-0.1, -0.05) is 30.3 Å². The number of nitrogens with one attached hydrogen (secondary N) is 1. The summed E-state index contributed by atoms with van der Waals surface area (Å²) < 4.78 is 15.9. The van der Waals surface area contributed by atoms with Crippen molar-refractivity contribution in [2.75, 3.05) is 32.8 Å². The monoisotopic (exact) mass is 412 g/mol. The number of anilines is 1. The van der Waals surface area contributed by atoms with Crippen LogP contribution in [0.1, 0.15) is 16.3 Å². The number of carbonyl (C=O) groups is 1. The van der Waals surface area contributed by atoms with Gasteiger partial charge in [-0.05, 0) is 17.7 Å². The summed E-state index contributed by atoms with van der Waals surface area (Å²) in [7, 11) is 3.19. The molecule has 0 bridgehead atoms. The number of benzene rings is 2. The third kappa shape index (κ3) is 6.30. The van der Waals surface area contributed by atoms with E-state index in [9.17, 15) is 4.79 Å². The maximum atomic E-state index is 12.4. The summed E-state index contributed by atoms with van der Waals surface area (Å²) in [5, 5.41) is 5.82. The normalized spacial score (nSPS) is 10.6. The molecular formula is C22H24N2O4S. The number of nitrogens with zero attached hydrogens (tertiary/aromatic N) is 1. The van der Waals surface area contributed by atoms with Gasteiger partial charge >= 0.3 is 0 Å². The van der Waals surface area contributed by atoms with Crippen molar-refractivity contribution in [3.63, 3.8) is 0 Å². The summed E-state index contributed by atoms with van der Waals surface area (Å²) in [5.41, 5.74) is 2.61. The number of aromatic nitrogens is 1. The fourth-order valence-corrected chi connectivity index (χ4v) is 3.58. The molecule has 0 spiro atoms. The van der Waals surface area contributed by atoms with E-state index < -0.39 is 0 Å². The minimum atomic E-state index is -0.130. The summed E-state index contributed by atoms with van der Waals surface area (Å²) >= 11 is 1.57. The van der Waals surface area contributed by atoms with Gasteiger partial charge in [-0.2, -0.15) is 0 Å². The third-order valence-electron chi connectivity index (χ3n) is 4.13. The molecule has 0 aliphatic rings. The molecule has 0 saturated carbocycles. The van der Waals surface area contributed by atoms with E-state index >= 15 is 0 Å². The molecule has 0 aliphatic heterocycles. The van der Waals surface area contributed by atoms with Crippen molar-refractivity contribution in [1.82, 2.24) is 4.98 Å². The van der Waals surface area contributed by atoms with Gasteiger partial charge in [-0.15, -0.1) is 11.3 Å². The molecule has 0 aliphatic carbocycles. The third-order valence-corrected chi connectivity index (χ3v) is 5.03. The van der Waals surface area contributed by atoms with Crippen LogP contribution in [0.5, 0.6) is 11.5 Å². The second kappa shape index (κ2) is 10.6. The van der Waals surface area contributed by atoms with Gasteiger partial charge in [0.1, 0.15) is 6.61 Å². The number of methoxy groups -OCH3 is 2. The van der Waals surface area contributed by atoms with Gasteiger partial charge < -0.3 is 19.5 Å². The molecule has 3 aromatic rings. The lowest BCUT2D eigenvalue weighted by Gasteiger charge is -2.12. The van der Waals surface area contributed by atoms with E-state index in [1.165, 1.54) is 5.56 Å². The molecule has 6 nitrogen and oxygen atoms in total. The molecule has 2 aromatic carbocycles. The van der Waals surface area contributed by atoms with Crippen LogP contribution in [0.15, 0.2) is 53.9 Å². The molecule has 1 aromatic heterocycles. The number of amides is 1. The Morgan fingerprint density at radius 3 is 2.66 bits per heavy atom. The van der Waals surface area contributed by atoms with Crippen molar-refractivity contribution in [3.05, 3.63) is 70.2 Å². The van der Waals surface area contributed by atoms with Crippen molar-refractivity contribution in [3.8, 4) is 11.5 Å². The van der Waals surface area contributed by atoms with Crippen LogP contribution in [0.3, 0.4) is 0 Å². The van der Waals surface area contributed by atoms with Crippen LogP contribution in [-0.4, -0.2) is 38.3 Å². The molecule has 1 heterocycles. The van der Waals surface area contributed by atoms with Crippen LogP contribution in [0.25, 0.3) is 0 Å². The van der Waals surface area contributed by atoms with Gasteiger partial charge in [-0.25, -0.2) is 4.98 Å². The number of rotatable bonds is 10. The van der Waals surface area contributed by atoms with E-state index in [2.05, 4.69) is 22.4 Å². The summed E-state index contributed by atoms with van der Waals surface area (Å²) in [6.45, 7) is 0.863. The standard InChI is InChI=1S/C22H24N2O4S/c1-26-10-11-28-20-13-17(8-9-19(20)27-2)23-21(25)14-18-15-29-22(24-18)12-16-6-4-3-5-7-16/h3-9,13,15H,10-12,14H2,1-2H3,(H,23,25). The van der Waals surface area contributed by atoms with Crippen molar-refractivity contribution < 1.29 is 19.0 Å². The summed E-state index contributed by atoms with van der Waals surface area (Å²) in [6, 6.07) is 15.5. The molecule has 0 fully saturated rings. The van der Waals surface area contributed by atoms with E-state index in [0.717, 1.165) is 17.1 Å². The van der Waals surface area contributed by atoms with E-state index in [1.807, 2.05) is 23.6 Å². The van der Waals surface area contributed by atoms with E-state index in [4.69, 9.17) is 14.2 Å². The fourth-order valence-electron chi connectivity index (χ4n) is 2.75. The van der Waals surface area contributed by atoms with Crippen LogP contribution in [0.2, 0.25) is 0 Å². The highest BCUT2D eigenvalue weighted by Gasteiger charge is 2.11. The highest BCUT2D eigenvalue weighted by molar-refractivity contribution is 7.09. The minimum absolute atomic E-state index is 0.130. The Labute approximate surface area is 174 Å². The molecule has 0 atom stereocenters. The summed E-state index contributed by atoms with van der Waals surface area (Å²) in [5.74, 6) is 1.03. The SMILES string of the molecule is COCCOc1cc(NC(=O)Cc2csc(Cc3ccccc3)n2)ccc1OC. The highest BCUT2D eigenvalue weighted by atomic mass is 32.1. The predicted molar refractivity (Wildman–Crippen MR) is 114 cm³/mol. The lowest BCUT2D eigenvalue weighted by atomic mass is 10.2. The van der Waals surface area contributed by atoms with Crippen LogP contribution < -0.4 is 14.8 Å². The number of hydrogen-bond acceptors (Lipinski definition) is 6. The van der Waals surface area contributed by atoms with Crippen molar-refractivity contribution >= 4 is 22.9 Å². The molecule has 0 radical (unpaired) electrons. The molecule has 152 valence electrons. The summed E-state index contributed by atoms with van der Waals surface area (Å²) in [6.07, 6.45) is 0.991. The quantitative estimate of drug-likeness (QED) is 0.511. The van der Waals surface area contributed by atoms with Crippen LogP contribution in [0.4, 0.5) is 5.69 Å². The maximum absolute atomic E-state index is 12.4. The Kier molecular flexibility index (Phi) is 7.61.